The fraction of sp³-hybridized carbons (Fsp3) is 0.727. The molecule has 1 aliphatic carbocycles. The first-order valence-corrected chi connectivity index (χ1v) is 13.4. The number of aromatic nitrogens is 3. The molecular formula is C22H33N5O3S. The van der Waals surface area contributed by atoms with Gasteiger partial charge in [0.1, 0.15) is 0 Å². The molecule has 1 N–H and O–H groups in total. The van der Waals surface area contributed by atoms with Crippen molar-refractivity contribution in [1.29, 1.82) is 0 Å². The maximum atomic E-state index is 13.3. The molecule has 0 spiro atoms. The van der Waals surface area contributed by atoms with E-state index in [9.17, 15) is 13.2 Å². The molecule has 0 atom stereocenters. The molecule has 170 valence electrons. The van der Waals surface area contributed by atoms with Crippen molar-refractivity contribution in [3.63, 3.8) is 0 Å². The zero-order valence-corrected chi connectivity index (χ0v) is 19.2. The molecule has 3 aliphatic rings. The number of piperidine rings is 1. The second-order valence-corrected chi connectivity index (χ2v) is 11.6. The smallest absolute Gasteiger partial charge is 0.277 e. The van der Waals surface area contributed by atoms with E-state index in [4.69, 9.17) is 4.98 Å². The highest BCUT2D eigenvalue weighted by Gasteiger charge is 2.30. The summed E-state index contributed by atoms with van der Waals surface area (Å²) in [5, 5.41) is 3.30. The van der Waals surface area contributed by atoms with Crippen molar-refractivity contribution in [3.05, 3.63) is 33.4 Å². The molecule has 0 amide bonds. The third kappa shape index (κ3) is 3.96. The normalized spacial score (nSPS) is 22.7. The van der Waals surface area contributed by atoms with Gasteiger partial charge in [-0.15, -0.1) is 0 Å². The van der Waals surface area contributed by atoms with Gasteiger partial charge >= 0.3 is 0 Å². The Morgan fingerprint density at radius 3 is 2.55 bits per heavy atom. The topological polar surface area (TPSA) is 90.8 Å². The minimum Gasteiger partial charge on any atom is -0.295 e. The molecule has 2 aliphatic heterocycles. The maximum Gasteiger partial charge on any atom is 0.277 e. The van der Waals surface area contributed by atoms with Gasteiger partial charge in [-0.1, -0.05) is 19.3 Å². The lowest BCUT2D eigenvalue weighted by Gasteiger charge is -2.36. The van der Waals surface area contributed by atoms with Crippen molar-refractivity contribution >= 4 is 15.7 Å². The lowest BCUT2D eigenvalue weighted by atomic mass is 9.92. The van der Waals surface area contributed by atoms with Crippen molar-refractivity contribution < 1.29 is 8.42 Å². The van der Waals surface area contributed by atoms with Crippen molar-refractivity contribution in [2.75, 3.05) is 25.4 Å². The molecule has 0 radical (unpaired) electrons. The Hall–Kier alpha value is -1.71. The van der Waals surface area contributed by atoms with Crippen LogP contribution in [0.1, 0.15) is 74.7 Å². The first-order valence-electron chi connectivity index (χ1n) is 11.8. The average Bonchev–Trinajstić information content (AvgIpc) is 3.24. The Morgan fingerprint density at radius 2 is 1.84 bits per heavy atom. The third-order valence-corrected chi connectivity index (χ3v) is 9.44. The molecule has 2 aromatic heterocycles. The Balaban J connectivity index is 1.37. The van der Waals surface area contributed by atoms with Gasteiger partial charge in [0, 0.05) is 56.3 Å². The van der Waals surface area contributed by atoms with Crippen molar-refractivity contribution in [2.45, 2.75) is 76.8 Å². The van der Waals surface area contributed by atoms with Gasteiger partial charge in [-0.05, 0) is 32.6 Å². The molecule has 0 unspecified atom stereocenters. The standard InChI is InChI=1S/C22H33N5O3S/c1-2-31(29,30)26-12-8-16(9-13-26)20-14-21-23-19-10-11-25(17-6-4-3-5-7-17)15-18(19)22(28)27(21)24-20/h14,16-17,24H,2-13,15H2,1H3. The fourth-order valence-corrected chi connectivity index (χ4v) is 6.75. The van der Waals surface area contributed by atoms with Gasteiger partial charge in [0.05, 0.1) is 17.0 Å². The number of rotatable bonds is 4. The van der Waals surface area contributed by atoms with Crippen LogP contribution in [0.4, 0.5) is 0 Å². The predicted octanol–water partition coefficient (Wildman–Crippen LogP) is 2.24. The van der Waals surface area contributed by atoms with Crippen LogP contribution >= 0.6 is 0 Å². The zero-order valence-electron chi connectivity index (χ0n) is 18.3. The molecular weight excluding hydrogens is 414 g/mol. The SMILES string of the molecule is CCS(=O)(=O)N1CCC(c2cc3nc4c(c(=O)n3[nH]2)CN(C2CCCCC2)CC4)CC1. The summed E-state index contributed by atoms with van der Waals surface area (Å²) in [4.78, 5) is 20.6. The third-order valence-electron chi connectivity index (χ3n) is 7.55. The molecule has 0 bridgehead atoms. The first kappa shape index (κ1) is 21.2. The van der Waals surface area contributed by atoms with E-state index in [0.29, 0.717) is 31.3 Å². The quantitative estimate of drug-likeness (QED) is 0.776. The number of aromatic amines is 1. The highest BCUT2D eigenvalue weighted by molar-refractivity contribution is 7.89. The molecule has 1 saturated heterocycles. The van der Waals surface area contributed by atoms with E-state index < -0.39 is 10.0 Å². The van der Waals surface area contributed by atoms with Crippen LogP contribution in [-0.4, -0.2) is 63.6 Å². The van der Waals surface area contributed by atoms with Gasteiger partial charge in [0.2, 0.25) is 10.0 Å². The van der Waals surface area contributed by atoms with Crippen LogP contribution in [0.5, 0.6) is 0 Å². The van der Waals surface area contributed by atoms with Crippen LogP contribution in [-0.2, 0) is 23.0 Å². The van der Waals surface area contributed by atoms with E-state index in [0.717, 1.165) is 42.8 Å². The van der Waals surface area contributed by atoms with Crippen molar-refractivity contribution in [3.8, 4) is 0 Å². The van der Waals surface area contributed by atoms with Gasteiger partial charge in [0.25, 0.3) is 5.56 Å². The van der Waals surface area contributed by atoms with Gasteiger partial charge in [-0.3, -0.25) is 14.8 Å². The van der Waals surface area contributed by atoms with Crippen LogP contribution in [0.3, 0.4) is 0 Å². The van der Waals surface area contributed by atoms with Crippen LogP contribution in [0, 0.1) is 0 Å². The molecule has 5 rings (SSSR count). The Kier molecular flexibility index (Phi) is 5.68. The summed E-state index contributed by atoms with van der Waals surface area (Å²) in [5.41, 5.74) is 3.49. The van der Waals surface area contributed by atoms with E-state index in [1.54, 1.807) is 15.7 Å². The molecule has 1 saturated carbocycles. The summed E-state index contributed by atoms with van der Waals surface area (Å²) < 4.78 is 27.5. The Labute approximate surface area is 183 Å². The fourth-order valence-electron chi connectivity index (χ4n) is 5.62. The lowest BCUT2D eigenvalue weighted by Crippen LogP contribution is -2.43. The number of H-pyrrole nitrogens is 1. The average molecular weight is 448 g/mol. The van der Waals surface area contributed by atoms with Gasteiger partial charge in [-0.2, -0.15) is 0 Å². The number of sulfonamides is 1. The Bertz CT molecular complexity index is 1110. The van der Waals surface area contributed by atoms with Crippen molar-refractivity contribution in [2.24, 2.45) is 0 Å². The molecule has 2 aromatic rings. The summed E-state index contributed by atoms with van der Waals surface area (Å²) in [7, 11) is -3.13. The van der Waals surface area contributed by atoms with Crippen LogP contribution in [0.25, 0.3) is 5.65 Å². The zero-order chi connectivity index (χ0) is 21.6. The summed E-state index contributed by atoms with van der Waals surface area (Å²) in [6, 6.07) is 2.59. The van der Waals surface area contributed by atoms with E-state index in [1.807, 2.05) is 6.07 Å². The second-order valence-electron chi connectivity index (χ2n) is 9.33. The number of nitrogens with one attached hydrogen (secondary N) is 1. The molecule has 4 heterocycles. The van der Waals surface area contributed by atoms with E-state index in [1.165, 1.54) is 32.1 Å². The summed E-state index contributed by atoms with van der Waals surface area (Å²) in [6.07, 6.45) is 8.76. The maximum absolute atomic E-state index is 13.3. The molecule has 8 nitrogen and oxygen atoms in total. The number of nitrogens with zero attached hydrogens (tertiary/aromatic N) is 4. The van der Waals surface area contributed by atoms with Crippen LogP contribution < -0.4 is 5.56 Å². The largest absolute Gasteiger partial charge is 0.295 e. The molecule has 9 heteroatoms. The monoisotopic (exact) mass is 447 g/mol. The number of fused-ring (bicyclic) bond motifs is 2. The minimum absolute atomic E-state index is 0.0257. The minimum atomic E-state index is -3.13. The summed E-state index contributed by atoms with van der Waals surface area (Å²) >= 11 is 0. The highest BCUT2D eigenvalue weighted by Crippen LogP contribution is 2.30. The van der Waals surface area contributed by atoms with E-state index in [2.05, 4.69) is 10.00 Å². The van der Waals surface area contributed by atoms with Crippen LogP contribution in [0.2, 0.25) is 0 Å². The highest BCUT2D eigenvalue weighted by atomic mass is 32.2. The Morgan fingerprint density at radius 1 is 1.10 bits per heavy atom. The van der Waals surface area contributed by atoms with Crippen LogP contribution in [0.15, 0.2) is 10.9 Å². The number of hydrogen-bond donors (Lipinski definition) is 1. The van der Waals surface area contributed by atoms with Gasteiger partial charge < -0.3 is 0 Å². The van der Waals surface area contributed by atoms with Gasteiger partial charge in [0.15, 0.2) is 5.65 Å². The van der Waals surface area contributed by atoms with E-state index in [-0.39, 0.29) is 17.2 Å². The first-order chi connectivity index (χ1) is 15.0. The molecule has 0 aromatic carbocycles. The van der Waals surface area contributed by atoms with E-state index >= 15 is 0 Å². The predicted molar refractivity (Wildman–Crippen MR) is 120 cm³/mol. The molecule has 31 heavy (non-hydrogen) atoms. The lowest BCUT2D eigenvalue weighted by molar-refractivity contribution is 0.139. The summed E-state index contributed by atoms with van der Waals surface area (Å²) in [5.74, 6) is 0.368. The molecule has 2 fully saturated rings. The number of hydrogen-bond acceptors (Lipinski definition) is 5. The second kappa shape index (κ2) is 8.33. The summed E-state index contributed by atoms with van der Waals surface area (Å²) in [6.45, 7) is 4.45. The van der Waals surface area contributed by atoms with Crippen molar-refractivity contribution in [1.82, 2.24) is 23.8 Å². The van der Waals surface area contributed by atoms with Gasteiger partial charge in [-0.25, -0.2) is 22.2 Å².